The molecule has 1 N–H and O–H groups in total. The van der Waals surface area contributed by atoms with E-state index in [1.165, 1.54) is 32.1 Å². The van der Waals surface area contributed by atoms with Gasteiger partial charge in [0, 0.05) is 19.8 Å². The fraction of sp³-hybridized carbons (Fsp3) is 0.929. The summed E-state index contributed by atoms with van der Waals surface area (Å²) in [4.78, 5) is 11.6. The molecule has 1 saturated heterocycles. The largest absolute Gasteiger partial charge is 0.378 e. The van der Waals surface area contributed by atoms with Crippen LogP contribution in [0, 0.1) is 0 Å². The molecule has 0 bridgehead atoms. The zero-order valence-corrected chi connectivity index (χ0v) is 11.2. The lowest BCUT2D eigenvalue weighted by Gasteiger charge is -2.22. The van der Waals surface area contributed by atoms with Crippen molar-refractivity contribution in [1.82, 2.24) is 5.32 Å². The molecule has 0 spiro atoms. The van der Waals surface area contributed by atoms with Crippen LogP contribution >= 0.6 is 0 Å². The first-order chi connectivity index (χ1) is 8.86. The second-order valence-electron chi connectivity index (χ2n) is 5.28. The second-order valence-corrected chi connectivity index (χ2v) is 5.28. The maximum absolute atomic E-state index is 11.6. The van der Waals surface area contributed by atoms with Crippen LogP contribution in [0.15, 0.2) is 0 Å². The molecule has 2 aliphatic rings. The van der Waals surface area contributed by atoms with Gasteiger partial charge < -0.3 is 14.8 Å². The van der Waals surface area contributed by atoms with E-state index in [1.807, 2.05) is 0 Å². The highest BCUT2D eigenvalue weighted by Gasteiger charge is 2.22. The van der Waals surface area contributed by atoms with Gasteiger partial charge in [-0.25, -0.2) is 0 Å². The summed E-state index contributed by atoms with van der Waals surface area (Å²) < 4.78 is 11.1. The predicted octanol–water partition coefficient (Wildman–Crippen LogP) is 2.02. The van der Waals surface area contributed by atoms with Crippen molar-refractivity contribution in [3.05, 3.63) is 0 Å². The van der Waals surface area contributed by atoms with E-state index in [0.29, 0.717) is 12.6 Å². The van der Waals surface area contributed by atoms with E-state index >= 15 is 0 Å². The van der Waals surface area contributed by atoms with Crippen molar-refractivity contribution >= 4 is 5.91 Å². The van der Waals surface area contributed by atoms with E-state index in [9.17, 15) is 4.79 Å². The molecule has 18 heavy (non-hydrogen) atoms. The molecule has 1 aliphatic heterocycles. The first-order valence-electron chi connectivity index (χ1n) is 7.37. The topological polar surface area (TPSA) is 47.6 Å². The van der Waals surface area contributed by atoms with Crippen LogP contribution in [0.5, 0.6) is 0 Å². The number of hydrogen-bond acceptors (Lipinski definition) is 3. The average Bonchev–Trinajstić information content (AvgIpc) is 2.93. The highest BCUT2D eigenvalue weighted by Crippen LogP contribution is 2.20. The van der Waals surface area contributed by atoms with Crippen molar-refractivity contribution in [3.8, 4) is 0 Å². The van der Waals surface area contributed by atoms with Crippen LogP contribution in [0.1, 0.15) is 51.4 Å². The summed E-state index contributed by atoms with van der Waals surface area (Å²) in [5.74, 6) is 0.0465. The molecule has 0 aromatic carbocycles. The smallest absolute Gasteiger partial charge is 0.249 e. The van der Waals surface area contributed by atoms with Crippen molar-refractivity contribution in [2.45, 2.75) is 63.6 Å². The summed E-state index contributed by atoms with van der Waals surface area (Å²) >= 11 is 0. The van der Waals surface area contributed by atoms with Crippen LogP contribution in [0.2, 0.25) is 0 Å². The minimum Gasteiger partial charge on any atom is -0.378 e. The van der Waals surface area contributed by atoms with Gasteiger partial charge in [-0.05, 0) is 32.1 Å². The third-order valence-corrected chi connectivity index (χ3v) is 3.75. The maximum atomic E-state index is 11.6. The lowest BCUT2D eigenvalue weighted by Crippen LogP contribution is -2.35. The monoisotopic (exact) mass is 255 g/mol. The molecule has 0 unspecified atom stereocenters. The number of carbonyl (C=O) groups is 1. The van der Waals surface area contributed by atoms with Crippen molar-refractivity contribution in [2.24, 2.45) is 0 Å². The van der Waals surface area contributed by atoms with Crippen LogP contribution in [-0.4, -0.2) is 37.9 Å². The Balaban J connectivity index is 1.46. The van der Waals surface area contributed by atoms with E-state index in [1.54, 1.807) is 0 Å². The molecule has 0 radical (unpaired) electrons. The summed E-state index contributed by atoms with van der Waals surface area (Å²) in [7, 11) is 0. The Morgan fingerprint density at radius 2 is 2.00 bits per heavy atom. The minimum absolute atomic E-state index is 0.0465. The number of amides is 1. The first-order valence-corrected chi connectivity index (χ1v) is 7.37. The molecule has 1 aliphatic carbocycles. The van der Waals surface area contributed by atoms with Gasteiger partial charge in [0.05, 0.1) is 6.10 Å². The molecule has 1 heterocycles. The van der Waals surface area contributed by atoms with Gasteiger partial charge in [-0.2, -0.15) is 0 Å². The number of hydrogen-bond donors (Lipinski definition) is 1. The summed E-state index contributed by atoms with van der Waals surface area (Å²) in [5, 5.41) is 2.92. The highest BCUT2D eigenvalue weighted by atomic mass is 16.5. The number of nitrogens with one attached hydrogen (secondary N) is 1. The molecule has 2 fully saturated rings. The Kier molecular flexibility index (Phi) is 5.94. The van der Waals surface area contributed by atoms with Crippen molar-refractivity contribution < 1.29 is 14.3 Å². The van der Waals surface area contributed by atoms with E-state index < -0.39 is 0 Å². The Morgan fingerprint density at radius 1 is 1.17 bits per heavy atom. The Bertz CT molecular complexity index is 245. The summed E-state index contributed by atoms with van der Waals surface area (Å²) in [6.45, 7) is 2.19. The fourth-order valence-electron chi connectivity index (χ4n) is 2.66. The van der Waals surface area contributed by atoms with Gasteiger partial charge in [0.15, 0.2) is 0 Å². The fourth-order valence-corrected chi connectivity index (χ4v) is 2.66. The first kappa shape index (κ1) is 13.8. The normalized spacial score (nSPS) is 25.2. The Morgan fingerprint density at radius 3 is 2.72 bits per heavy atom. The predicted molar refractivity (Wildman–Crippen MR) is 69.4 cm³/mol. The standard InChI is InChI=1S/C14H25NO3/c16-14(13-8-4-10-18-13)15-9-5-11-17-12-6-2-1-3-7-12/h12-13H,1-11H2,(H,15,16)/t13-/m0/s1. The highest BCUT2D eigenvalue weighted by molar-refractivity contribution is 5.80. The van der Waals surface area contributed by atoms with Gasteiger partial charge in [0.1, 0.15) is 6.10 Å². The van der Waals surface area contributed by atoms with Crippen LogP contribution in [0.3, 0.4) is 0 Å². The average molecular weight is 255 g/mol. The van der Waals surface area contributed by atoms with Crippen LogP contribution in [0.25, 0.3) is 0 Å². The van der Waals surface area contributed by atoms with Gasteiger partial charge in [0.2, 0.25) is 5.91 Å². The van der Waals surface area contributed by atoms with Gasteiger partial charge >= 0.3 is 0 Å². The van der Waals surface area contributed by atoms with E-state index in [2.05, 4.69) is 5.32 Å². The minimum atomic E-state index is -0.204. The van der Waals surface area contributed by atoms with Crippen LogP contribution < -0.4 is 5.32 Å². The van der Waals surface area contributed by atoms with Gasteiger partial charge in [-0.3, -0.25) is 4.79 Å². The third-order valence-electron chi connectivity index (χ3n) is 3.75. The maximum Gasteiger partial charge on any atom is 0.249 e. The van der Waals surface area contributed by atoms with Gasteiger partial charge in [0.25, 0.3) is 0 Å². The number of ether oxygens (including phenoxy) is 2. The van der Waals surface area contributed by atoms with Crippen molar-refractivity contribution in [2.75, 3.05) is 19.8 Å². The SMILES string of the molecule is O=C(NCCCOC1CCCCC1)[C@@H]1CCCO1. The van der Waals surface area contributed by atoms with E-state index in [-0.39, 0.29) is 12.0 Å². The summed E-state index contributed by atoms with van der Waals surface area (Å²) in [6.07, 6.45) is 9.42. The molecule has 4 heteroatoms. The molecule has 104 valence electrons. The van der Waals surface area contributed by atoms with Crippen molar-refractivity contribution in [1.29, 1.82) is 0 Å². The summed E-state index contributed by atoms with van der Waals surface area (Å²) in [6, 6.07) is 0. The molecule has 2 rings (SSSR count). The molecule has 1 amide bonds. The lowest BCUT2D eigenvalue weighted by atomic mass is 9.98. The van der Waals surface area contributed by atoms with E-state index in [0.717, 1.165) is 32.5 Å². The number of rotatable bonds is 6. The summed E-state index contributed by atoms with van der Waals surface area (Å²) in [5.41, 5.74) is 0. The molecular formula is C14H25NO3. The molecule has 1 atom stereocenters. The third kappa shape index (κ3) is 4.58. The molecular weight excluding hydrogens is 230 g/mol. The molecule has 1 saturated carbocycles. The van der Waals surface area contributed by atoms with Gasteiger partial charge in [-0.1, -0.05) is 19.3 Å². The van der Waals surface area contributed by atoms with Gasteiger partial charge in [-0.15, -0.1) is 0 Å². The lowest BCUT2D eigenvalue weighted by molar-refractivity contribution is -0.130. The molecule has 0 aromatic rings. The Labute approximate surface area is 109 Å². The number of carbonyl (C=O) groups excluding carboxylic acids is 1. The molecule has 4 nitrogen and oxygen atoms in total. The van der Waals surface area contributed by atoms with Crippen LogP contribution in [0.4, 0.5) is 0 Å². The quantitative estimate of drug-likeness (QED) is 0.739. The zero-order chi connectivity index (χ0) is 12.6. The second kappa shape index (κ2) is 7.74. The van der Waals surface area contributed by atoms with Crippen LogP contribution in [-0.2, 0) is 14.3 Å². The Hall–Kier alpha value is -0.610. The molecule has 0 aromatic heterocycles. The van der Waals surface area contributed by atoms with Crippen molar-refractivity contribution in [3.63, 3.8) is 0 Å². The zero-order valence-electron chi connectivity index (χ0n) is 11.2. The van der Waals surface area contributed by atoms with E-state index in [4.69, 9.17) is 9.47 Å².